The predicted molar refractivity (Wildman–Crippen MR) is 105 cm³/mol. The van der Waals surface area contributed by atoms with Crippen molar-refractivity contribution in [3.8, 4) is 0 Å². The highest BCUT2D eigenvalue weighted by Gasteiger charge is 2.19. The standard InChI is InChI=1S/C22H25ClN2/c1-17-3-8-20(9-4-17)18(2)21(15-25-14-13-24-16-25)10-5-19-6-11-22(23)12-7-19/h3-4,6-9,11-14,16,18,21H,5,10,15H2,1-2H3. The monoisotopic (exact) mass is 352 g/mol. The van der Waals surface area contributed by atoms with Gasteiger partial charge in [0.25, 0.3) is 0 Å². The van der Waals surface area contributed by atoms with Crippen molar-refractivity contribution in [2.45, 2.75) is 39.2 Å². The first-order valence-corrected chi connectivity index (χ1v) is 9.26. The Morgan fingerprint density at radius 1 is 1.04 bits per heavy atom. The normalized spacial score (nSPS) is 13.6. The van der Waals surface area contributed by atoms with Gasteiger partial charge in [-0.1, -0.05) is 60.5 Å². The van der Waals surface area contributed by atoms with Crippen LogP contribution in [0.25, 0.3) is 0 Å². The Morgan fingerprint density at radius 3 is 2.40 bits per heavy atom. The summed E-state index contributed by atoms with van der Waals surface area (Å²) in [6.45, 7) is 5.47. The maximum atomic E-state index is 6.00. The van der Waals surface area contributed by atoms with Crippen LogP contribution in [0, 0.1) is 12.8 Å². The summed E-state index contributed by atoms with van der Waals surface area (Å²) in [7, 11) is 0. The zero-order valence-corrected chi connectivity index (χ0v) is 15.7. The molecule has 25 heavy (non-hydrogen) atoms. The van der Waals surface area contributed by atoms with Crippen molar-refractivity contribution in [2.75, 3.05) is 0 Å². The third-order valence-corrected chi connectivity index (χ3v) is 5.28. The third-order valence-electron chi connectivity index (χ3n) is 5.03. The van der Waals surface area contributed by atoms with E-state index < -0.39 is 0 Å². The van der Waals surface area contributed by atoms with Gasteiger partial charge in [0.05, 0.1) is 6.33 Å². The van der Waals surface area contributed by atoms with Crippen molar-refractivity contribution >= 4 is 11.6 Å². The summed E-state index contributed by atoms with van der Waals surface area (Å²) in [4.78, 5) is 4.20. The highest BCUT2D eigenvalue weighted by molar-refractivity contribution is 6.30. The molecule has 0 fully saturated rings. The average molecular weight is 353 g/mol. The SMILES string of the molecule is Cc1ccc(C(C)C(CCc2ccc(Cl)cc2)Cn2ccnc2)cc1. The lowest BCUT2D eigenvalue weighted by Crippen LogP contribution is -2.17. The van der Waals surface area contributed by atoms with Crippen molar-refractivity contribution in [2.24, 2.45) is 5.92 Å². The number of benzene rings is 2. The molecular weight excluding hydrogens is 328 g/mol. The van der Waals surface area contributed by atoms with Crippen LogP contribution in [-0.2, 0) is 13.0 Å². The molecule has 2 unspecified atom stereocenters. The fourth-order valence-electron chi connectivity index (χ4n) is 3.31. The van der Waals surface area contributed by atoms with Crippen molar-refractivity contribution in [1.29, 1.82) is 0 Å². The zero-order valence-electron chi connectivity index (χ0n) is 14.9. The fourth-order valence-corrected chi connectivity index (χ4v) is 3.44. The predicted octanol–water partition coefficient (Wildman–Crippen LogP) is 5.90. The van der Waals surface area contributed by atoms with Crippen LogP contribution in [0.4, 0.5) is 0 Å². The molecule has 3 heteroatoms. The Bertz CT molecular complexity index is 761. The molecule has 3 rings (SSSR count). The summed E-state index contributed by atoms with van der Waals surface area (Å²) in [6.07, 6.45) is 8.02. The van der Waals surface area contributed by atoms with Crippen LogP contribution in [0.5, 0.6) is 0 Å². The molecule has 0 bridgehead atoms. The largest absolute Gasteiger partial charge is 0.337 e. The first kappa shape index (κ1) is 17.8. The van der Waals surface area contributed by atoms with Crippen molar-refractivity contribution in [1.82, 2.24) is 9.55 Å². The van der Waals surface area contributed by atoms with Gasteiger partial charge in [0.2, 0.25) is 0 Å². The van der Waals surface area contributed by atoms with E-state index in [2.05, 4.69) is 66.0 Å². The molecule has 130 valence electrons. The molecule has 1 heterocycles. The lowest BCUT2D eigenvalue weighted by molar-refractivity contribution is 0.359. The summed E-state index contributed by atoms with van der Waals surface area (Å²) in [5, 5.41) is 0.798. The van der Waals surface area contributed by atoms with E-state index in [-0.39, 0.29) is 0 Å². The van der Waals surface area contributed by atoms with Crippen LogP contribution in [0.2, 0.25) is 5.02 Å². The summed E-state index contributed by atoms with van der Waals surface area (Å²) in [5.74, 6) is 1.04. The van der Waals surface area contributed by atoms with Crippen LogP contribution in [0.1, 0.15) is 36.0 Å². The molecular formula is C22H25ClN2. The number of hydrogen-bond acceptors (Lipinski definition) is 1. The molecule has 2 nitrogen and oxygen atoms in total. The van der Waals surface area contributed by atoms with Crippen LogP contribution < -0.4 is 0 Å². The fraction of sp³-hybridized carbons (Fsp3) is 0.318. The van der Waals surface area contributed by atoms with Gasteiger partial charge in [0.15, 0.2) is 0 Å². The number of halogens is 1. The van der Waals surface area contributed by atoms with Crippen molar-refractivity contribution < 1.29 is 0 Å². The minimum Gasteiger partial charge on any atom is -0.337 e. The summed E-state index contributed by atoms with van der Waals surface area (Å²) in [6, 6.07) is 17.2. The van der Waals surface area contributed by atoms with Gasteiger partial charge in [-0.2, -0.15) is 0 Å². The van der Waals surface area contributed by atoms with Gasteiger partial charge in [-0.3, -0.25) is 0 Å². The topological polar surface area (TPSA) is 17.8 Å². The van der Waals surface area contributed by atoms with E-state index in [4.69, 9.17) is 11.6 Å². The van der Waals surface area contributed by atoms with Gasteiger partial charge in [-0.05, 0) is 54.9 Å². The molecule has 0 amide bonds. The number of hydrogen-bond donors (Lipinski definition) is 0. The summed E-state index contributed by atoms with van der Waals surface area (Å²) >= 11 is 6.00. The second-order valence-corrected chi connectivity index (χ2v) is 7.32. The lowest BCUT2D eigenvalue weighted by atomic mass is 9.83. The van der Waals surface area contributed by atoms with E-state index >= 15 is 0 Å². The number of imidazole rings is 1. The molecule has 0 saturated carbocycles. The highest BCUT2D eigenvalue weighted by atomic mass is 35.5. The first-order chi connectivity index (χ1) is 12.1. The van der Waals surface area contributed by atoms with Gasteiger partial charge in [-0.25, -0.2) is 4.98 Å². The Hall–Kier alpha value is -2.06. The van der Waals surface area contributed by atoms with Crippen LogP contribution in [-0.4, -0.2) is 9.55 Å². The van der Waals surface area contributed by atoms with Crippen LogP contribution >= 0.6 is 11.6 Å². The second-order valence-electron chi connectivity index (χ2n) is 6.88. The maximum Gasteiger partial charge on any atom is 0.0946 e. The minimum atomic E-state index is 0.496. The minimum absolute atomic E-state index is 0.496. The molecule has 2 aromatic carbocycles. The van der Waals surface area contributed by atoms with Crippen LogP contribution in [0.15, 0.2) is 67.3 Å². The van der Waals surface area contributed by atoms with Crippen molar-refractivity contribution in [3.63, 3.8) is 0 Å². The lowest BCUT2D eigenvalue weighted by Gasteiger charge is -2.25. The van der Waals surface area contributed by atoms with Gasteiger partial charge >= 0.3 is 0 Å². The number of aromatic nitrogens is 2. The number of nitrogens with zero attached hydrogens (tertiary/aromatic N) is 2. The number of aryl methyl sites for hydroxylation is 2. The number of rotatable bonds is 7. The van der Waals surface area contributed by atoms with E-state index in [0.717, 1.165) is 24.4 Å². The third kappa shape index (κ3) is 4.96. The highest BCUT2D eigenvalue weighted by Crippen LogP contribution is 2.30. The molecule has 1 aromatic heterocycles. The van der Waals surface area contributed by atoms with Gasteiger partial charge in [0, 0.05) is 24.0 Å². The molecule has 0 radical (unpaired) electrons. The van der Waals surface area contributed by atoms with E-state index in [0.29, 0.717) is 11.8 Å². The molecule has 0 aliphatic carbocycles. The van der Waals surface area contributed by atoms with E-state index in [9.17, 15) is 0 Å². The summed E-state index contributed by atoms with van der Waals surface area (Å²) in [5.41, 5.74) is 4.06. The van der Waals surface area contributed by atoms with Gasteiger partial charge in [-0.15, -0.1) is 0 Å². The van der Waals surface area contributed by atoms with Crippen LogP contribution in [0.3, 0.4) is 0 Å². The first-order valence-electron chi connectivity index (χ1n) is 8.88. The smallest absolute Gasteiger partial charge is 0.0946 e. The molecule has 2 atom stereocenters. The van der Waals surface area contributed by atoms with E-state index in [1.807, 2.05) is 24.7 Å². The van der Waals surface area contributed by atoms with Gasteiger partial charge in [0.1, 0.15) is 0 Å². The Morgan fingerprint density at radius 2 is 1.76 bits per heavy atom. The Kier molecular flexibility index (Phi) is 5.93. The molecule has 0 N–H and O–H groups in total. The molecule has 0 aliphatic heterocycles. The van der Waals surface area contributed by atoms with E-state index in [1.165, 1.54) is 16.7 Å². The average Bonchev–Trinajstić information content (AvgIpc) is 3.13. The van der Waals surface area contributed by atoms with E-state index in [1.54, 1.807) is 0 Å². The molecule has 0 spiro atoms. The quantitative estimate of drug-likeness (QED) is 0.517. The maximum absolute atomic E-state index is 6.00. The second kappa shape index (κ2) is 8.35. The molecule has 0 saturated heterocycles. The molecule has 3 aromatic rings. The van der Waals surface area contributed by atoms with Gasteiger partial charge < -0.3 is 4.57 Å². The zero-order chi connectivity index (χ0) is 17.6. The summed E-state index contributed by atoms with van der Waals surface area (Å²) < 4.78 is 2.19. The van der Waals surface area contributed by atoms with Crippen molar-refractivity contribution in [3.05, 3.63) is 89.0 Å². The Labute approximate surface area is 155 Å². The Balaban J connectivity index is 1.74. The molecule has 0 aliphatic rings.